The summed E-state index contributed by atoms with van der Waals surface area (Å²) in [6.45, 7) is 1.93. The Morgan fingerprint density at radius 3 is 2.46 bits per heavy atom. The zero-order chi connectivity index (χ0) is 19.7. The van der Waals surface area contributed by atoms with Gasteiger partial charge in [-0.25, -0.2) is 0 Å². The van der Waals surface area contributed by atoms with Crippen LogP contribution in [-0.2, 0) is 4.79 Å². The minimum atomic E-state index is -0.676. The van der Waals surface area contributed by atoms with Crippen LogP contribution in [0.2, 0.25) is 5.02 Å². The number of carbonyl (C=O) groups excluding carboxylic acids is 2. The Labute approximate surface area is 167 Å². The number of ketones is 1. The number of pyridine rings is 1. The average Bonchev–Trinajstić information content (AvgIpc) is 3.07. The van der Waals surface area contributed by atoms with Gasteiger partial charge in [-0.3, -0.25) is 9.59 Å². The van der Waals surface area contributed by atoms with Gasteiger partial charge in [0.05, 0.1) is 0 Å². The summed E-state index contributed by atoms with van der Waals surface area (Å²) in [5, 5.41) is 3.31. The van der Waals surface area contributed by atoms with Crippen molar-refractivity contribution in [3.8, 4) is 11.1 Å². The van der Waals surface area contributed by atoms with Gasteiger partial charge in [-0.05, 0) is 60.5 Å². The standard InChI is InChI=1S/C23H17ClN2O2/c1-15-5-4-6-18(13-15)25-23(28)22(27)21-20(16-8-10-17(24)11-9-16)14-19-7-2-3-12-26(19)21/h2-14H,1H3,(H,25,28). The molecule has 4 rings (SSSR count). The normalized spacial score (nSPS) is 10.8. The molecule has 0 atom stereocenters. The largest absolute Gasteiger partial charge is 0.319 e. The SMILES string of the molecule is Cc1cccc(NC(=O)C(=O)c2c(-c3ccc(Cl)cc3)cc3ccccn23)c1. The molecule has 5 heteroatoms. The summed E-state index contributed by atoms with van der Waals surface area (Å²) in [5.74, 6) is -1.28. The third kappa shape index (κ3) is 3.42. The van der Waals surface area contributed by atoms with E-state index in [1.807, 2.05) is 61.5 Å². The summed E-state index contributed by atoms with van der Waals surface area (Å²) in [6, 6.07) is 22.1. The van der Waals surface area contributed by atoms with Gasteiger partial charge < -0.3 is 9.72 Å². The van der Waals surface area contributed by atoms with Gasteiger partial charge in [0.25, 0.3) is 11.7 Å². The zero-order valence-corrected chi connectivity index (χ0v) is 15.9. The smallest absolute Gasteiger partial charge is 0.298 e. The highest BCUT2D eigenvalue weighted by molar-refractivity contribution is 6.47. The van der Waals surface area contributed by atoms with Crippen molar-refractivity contribution in [2.45, 2.75) is 6.92 Å². The molecule has 0 bridgehead atoms. The van der Waals surface area contributed by atoms with E-state index in [4.69, 9.17) is 11.6 Å². The predicted molar refractivity (Wildman–Crippen MR) is 112 cm³/mol. The van der Waals surface area contributed by atoms with E-state index in [0.717, 1.165) is 16.6 Å². The van der Waals surface area contributed by atoms with Gasteiger partial charge in [-0.2, -0.15) is 0 Å². The number of halogens is 1. The van der Waals surface area contributed by atoms with E-state index in [9.17, 15) is 9.59 Å². The second-order valence-corrected chi connectivity index (χ2v) is 7.00. The molecule has 0 radical (unpaired) electrons. The fourth-order valence-corrected chi connectivity index (χ4v) is 3.35. The van der Waals surface area contributed by atoms with E-state index in [1.54, 1.807) is 28.8 Å². The first-order valence-corrected chi connectivity index (χ1v) is 9.19. The first kappa shape index (κ1) is 18.0. The minimum absolute atomic E-state index is 0.322. The Bertz CT molecular complexity index is 1190. The third-order valence-electron chi connectivity index (χ3n) is 4.53. The van der Waals surface area contributed by atoms with E-state index < -0.39 is 11.7 Å². The number of nitrogens with zero attached hydrogens (tertiary/aromatic N) is 1. The van der Waals surface area contributed by atoms with Gasteiger partial charge in [0.15, 0.2) is 0 Å². The van der Waals surface area contributed by atoms with Crippen LogP contribution in [-0.4, -0.2) is 16.1 Å². The van der Waals surface area contributed by atoms with Crippen molar-refractivity contribution in [3.05, 3.63) is 95.3 Å². The lowest BCUT2D eigenvalue weighted by Gasteiger charge is -2.08. The topological polar surface area (TPSA) is 50.6 Å². The highest BCUT2D eigenvalue weighted by Gasteiger charge is 2.24. The number of carbonyl (C=O) groups is 2. The number of Topliss-reactive ketones (excluding diaryl/α,β-unsaturated/α-hetero) is 1. The van der Waals surface area contributed by atoms with Gasteiger partial charge in [0.1, 0.15) is 5.69 Å². The molecule has 2 aromatic carbocycles. The van der Waals surface area contributed by atoms with E-state index in [-0.39, 0.29) is 0 Å². The molecule has 1 N–H and O–H groups in total. The summed E-state index contributed by atoms with van der Waals surface area (Å²) < 4.78 is 1.74. The fourth-order valence-electron chi connectivity index (χ4n) is 3.22. The molecule has 0 unspecified atom stereocenters. The summed E-state index contributed by atoms with van der Waals surface area (Å²) in [4.78, 5) is 25.8. The number of anilines is 1. The molecule has 0 fully saturated rings. The maximum atomic E-state index is 13.1. The molecule has 4 aromatic rings. The average molecular weight is 389 g/mol. The van der Waals surface area contributed by atoms with Crippen molar-refractivity contribution in [3.63, 3.8) is 0 Å². The summed E-state index contributed by atoms with van der Waals surface area (Å²) in [7, 11) is 0. The number of aromatic nitrogens is 1. The first-order valence-electron chi connectivity index (χ1n) is 8.81. The third-order valence-corrected chi connectivity index (χ3v) is 4.78. The number of rotatable bonds is 4. The van der Waals surface area contributed by atoms with Crippen LogP contribution in [0.5, 0.6) is 0 Å². The van der Waals surface area contributed by atoms with E-state index in [2.05, 4.69) is 5.32 Å². The van der Waals surface area contributed by atoms with Crippen LogP contribution in [0.4, 0.5) is 5.69 Å². The van der Waals surface area contributed by atoms with Crippen LogP contribution >= 0.6 is 11.6 Å². The molecule has 4 nitrogen and oxygen atoms in total. The lowest BCUT2D eigenvalue weighted by Crippen LogP contribution is -2.24. The number of benzene rings is 2. The molecular formula is C23H17ClN2O2. The number of aryl methyl sites for hydroxylation is 1. The molecule has 0 aliphatic carbocycles. The maximum Gasteiger partial charge on any atom is 0.298 e. The molecule has 28 heavy (non-hydrogen) atoms. The van der Waals surface area contributed by atoms with E-state index >= 15 is 0 Å². The second kappa shape index (κ2) is 7.33. The number of nitrogens with one attached hydrogen (secondary N) is 1. The number of hydrogen-bond acceptors (Lipinski definition) is 2. The Morgan fingerprint density at radius 1 is 0.929 bits per heavy atom. The van der Waals surface area contributed by atoms with Gasteiger partial charge in [0.2, 0.25) is 0 Å². The second-order valence-electron chi connectivity index (χ2n) is 6.56. The van der Waals surface area contributed by atoms with Crippen molar-refractivity contribution in [1.29, 1.82) is 0 Å². The van der Waals surface area contributed by atoms with E-state index in [1.165, 1.54) is 0 Å². The summed E-state index contributed by atoms with van der Waals surface area (Å²) in [6.07, 6.45) is 1.78. The highest BCUT2D eigenvalue weighted by atomic mass is 35.5. The van der Waals surface area contributed by atoms with Crippen molar-refractivity contribution in [1.82, 2.24) is 4.40 Å². The Morgan fingerprint density at radius 2 is 1.71 bits per heavy atom. The Hall–Kier alpha value is -3.37. The maximum absolute atomic E-state index is 13.1. The summed E-state index contributed by atoms with van der Waals surface area (Å²) in [5.41, 5.74) is 4.25. The van der Waals surface area contributed by atoms with Crippen LogP contribution in [0.3, 0.4) is 0 Å². The number of fused-ring (bicyclic) bond motifs is 1. The lowest BCUT2D eigenvalue weighted by atomic mass is 10.0. The molecule has 0 spiro atoms. The van der Waals surface area contributed by atoms with Crippen LogP contribution in [0, 0.1) is 6.92 Å². The minimum Gasteiger partial charge on any atom is -0.319 e. The predicted octanol–water partition coefficient (Wildman–Crippen LogP) is 5.39. The first-order chi connectivity index (χ1) is 13.5. The number of amides is 1. The van der Waals surface area contributed by atoms with Gasteiger partial charge in [-0.1, -0.05) is 41.9 Å². The van der Waals surface area contributed by atoms with Crippen molar-refractivity contribution in [2.75, 3.05) is 5.32 Å². The van der Waals surface area contributed by atoms with Crippen LogP contribution in [0.25, 0.3) is 16.6 Å². The molecule has 0 aliphatic rings. The molecule has 0 saturated heterocycles. The Balaban J connectivity index is 1.78. The lowest BCUT2D eigenvalue weighted by molar-refractivity contribution is -0.112. The van der Waals surface area contributed by atoms with Crippen molar-refractivity contribution in [2.24, 2.45) is 0 Å². The molecular weight excluding hydrogens is 372 g/mol. The van der Waals surface area contributed by atoms with Crippen LogP contribution in [0.1, 0.15) is 16.1 Å². The monoisotopic (exact) mass is 388 g/mol. The molecule has 2 aromatic heterocycles. The molecule has 2 heterocycles. The highest BCUT2D eigenvalue weighted by Crippen LogP contribution is 2.29. The number of hydrogen-bond donors (Lipinski definition) is 1. The van der Waals surface area contributed by atoms with Crippen molar-refractivity contribution < 1.29 is 9.59 Å². The van der Waals surface area contributed by atoms with Crippen LogP contribution < -0.4 is 5.32 Å². The molecule has 1 amide bonds. The van der Waals surface area contributed by atoms with E-state index in [0.29, 0.717) is 22.0 Å². The van der Waals surface area contributed by atoms with Crippen molar-refractivity contribution >= 4 is 34.5 Å². The molecule has 0 saturated carbocycles. The quantitative estimate of drug-likeness (QED) is 0.376. The zero-order valence-electron chi connectivity index (χ0n) is 15.1. The fraction of sp³-hybridized carbons (Fsp3) is 0.0435. The Kier molecular flexibility index (Phi) is 4.72. The van der Waals surface area contributed by atoms with Gasteiger partial charge in [-0.15, -0.1) is 0 Å². The summed E-state index contributed by atoms with van der Waals surface area (Å²) >= 11 is 6.00. The van der Waals surface area contributed by atoms with Gasteiger partial charge in [0, 0.05) is 28.0 Å². The van der Waals surface area contributed by atoms with Crippen LogP contribution in [0.15, 0.2) is 79.0 Å². The van der Waals surface area contributed by atoms with Gasteiger partial charge >= 0.3 is 0 Å². The molecule has 0 aliphatic heterocycles. The molecule has 138 valence electrons.